The molecule has 0 aliphatic rings. The standard InChI is InChI=1S/C15H24N2O4S/c1-15(2,3)17-22(20,21)13-7-4-12(5-8-13)6-9-14(19)16-10-11-18/h4-5,7-8,17-18H,6,9-11H2,1-3H3,(H,16,19). The number of carbonyl (C=O) groups is 1. The average molecular weight is 328 g/mol. The zero-order valence-electron chi connectivity index (χ0n) is 13.2. The molecule has 7 heteroatoms. The molecule has 0 spiro atoms. The minimum atomic E-state index is -3.54. The molecule has 0 bridgehead atoms. The second-order valence-corrected chi connectivity index (χ2v) is 7.76. The van der Waals surface area contributed by atoms with Gasteiger partial charge in [-0.2, -0.15) is 0 Å². The Balaban J connectivity index is 2.65. The summed E-state index contributed by atoms with van der Waals surface area (Å²) in [6.45, 7) is 5.51. The molecule has 1 amide bonds. The number of aliphatic hydroxyl groups is 1. The summed E-state index contributed by atoms with van der Waals surface area (Å²) in [5.41, 5.74) is 0.344. The molecular weight excluding hydrogens is 304 g/mol. The predicted octanol–water partition coefficient (Wildman–Crippen LogP) is 0.804. The average Bonchev–Trinajstić information content (AvgIpc) is 2.40. The third-order valence-electron chi connectivity index (χ3n) is 2.75. The highest BCUT2D eigenvalue weighted by molar-refractivity contribution is 7.89. The number of amides is 1. The van der Waals surface area contributed by atoms with Crippen LogP contribution in [0.15, 0.2) is 29.2 Å². The molecule has 0 radical (unpaired) electrons. The molecule has 0 saturated heterocycles. The van der Waals surface area contributed by atoms with Crippen molar-refractivity contribution in [2.75, 3.05) is 13.2 Å². The highest BCUT2D eigenvalue weighted by Crippen LogP contribution is 2.14. The van der Waals surface area contributed by atoms with Crippen molar-refractivity contribution in [1.29, 1.82) is 0 Å². The number of carbonyl (C=O) groups excluding carboxylic acids is 1. The van der Waals surface area contributed by atoms with Crippen molar-refractivity contribution in [2.24, 2.45) is 0 Å². The first-order chi connectivity index (χ1) is 10.1. The fraction of sp³-hybridized carbons (Fsp3) is 0.533. The lowest BCUT2D eigenvalue weighted by atomic mass is 10.1. The van der Waals surface area contributed by atoms with Crippen LogP contribution in [0.2, 0.25) is 0 Å². The summed E-state index contributed by atoms with van der Waals surface area (Å²) in [7, 11) is -3.54. The van der Waals surface area contributed by atoms with Gasteiger partial charge in [0, 0.05) is 18.5 Å². The van der Waals surface area contributed by atoms with Crippen molar-refractivity contribution in [3.05, 3.63) is 29.8 Å². The number of benzene rings is 1. The number of hydrogen-bond donors (Lipinski definition) is 3. The Morgan fingerprint density at radius 2 is 1.77 bits per heavy atom. The van der Waals surface area contributed by atoms with E-state index in [4.69, 9.17) is 5.11 Å². The number of nitrogens with one attached hydrogen (secondary N) is 2. The van der Waals surface area contributed by atoms with Crippen molar-refractivity contribution in [2.45, 2.75) is 44.0 Å². The van der Waals surface area contributed by atoms with Crippen LogP contribution in [0.5, 0.6) is 0 Å². The zero-order valence-corrected chi connectivity index (χ0v) is 14.0. The molecule has 0 aromatic heterocycles. The van der Waals surface area contributed by atoms with Gasteiger partial charge in [0.15, 0.2) is 0 Å². The molecule has 6 nitrogen and oxygen atoms in total. The lowest BCUT2D eigenvalue weighted by molar-refractivity contribution is -0.121. The number of rotatable bonds is 7. The van der Waals surface area contributed by atoms with E-state index in [0.717, 1.165) is 5.56 Å². The van der Waals surface area contributed by atoms with E-state index in [2.05, 4.69) is 10.0 Å². The van der Waals surface area contributed by atoms with Crippen LogP contribution >= 0.6 is 0 Å². The van der Waals surface area contributed by atoms with Crippen molar-refractivity contribution in [3.63, 3.8) is 0 Å². The van der Waals surface area contributed by atoms with E-state index in [1.54, 1.807) is 32.9 Å². The maximum absolute atomic E-state index is 12.1. The number of hydrogen-bond acceptors (Lipinski definition) is 4. The molecule has 124 valence electrons. The first-order valence-electron chi connectivity index (χ1n) is 7.14. The lowest BCUT2D eigenvalue weighted by Gasteiger charge is -2.20. The maximum Gasteiger partial charge on any atom is 0.241 e. The van der Waals surface area contributed by atoms with Gasteiger partial charge in [0.1, 0.15) is 0 Å². The van der Waals surface area contributed by atoms with E-state index in [1.165, 1.54) is 12.1 Å². The first kappa shape index (κ1) is 18.6. The van der Waals surface area contributed by atoms with Crippen molar-refractivity contribution >= 4 is 15.9 Å². The van der Waals surface area contributed by atoms with Gasteiger partial charge in [0.05, 0.1) is 11.5 Å². The monoisotopic (exact) mass is 328 g/mol. The Morgan fingerprint density at radius 1 is 1.18 bits per heavy atom. The van der Waals surface area contributed by atoms with Crippen LogP contribution in [0.25, 0.3) is 0 Å². The van der Waals surface area contributed by atoms with Crippen LogP contribution in [-0.4, -0.2) is 38.1 Å². The minimum absolute atomic E-state index is 0.0843. The molecule has 0 aliphatic heterocycles. The van der Waals surface area contributed by atoms with Crippen LogP contribution < -0.4 is 10.0 Å². The quantitative estimate of drug-likeness (QED) is 0.690. The van der Waals surface area contributed by atoms with Gasteiger partial charge in [-0.05, 0) is 44.9 Å². The van der Waals surface area contributed by atoms with E-state index in [0.29, 0.717) is 12.8 Å². The maximum atomic E-state index is 12.1. The second-order valence-electron chi connectivity index (χ2n) is 6.07. The molecule has 1 aromatic carbocycles. The van der Waals surface area contributed by atoms with Crippen LogP contribution in [0.4, 0.5) is 0 Å². The molecule has 0 fully saturated rings. The second kappa shape index (κ2) is 7.71. The van der Waals surface area contributed by atoms with Gasteiger partial charge < -0.3 is 10.4 Å². The summed E-state index contributed by atoms with van der Waals surface area (Å²) < 4.78 is 26.9. The van der Waals surface area contributed by atoms with Crippen molar-refractivity contribution in [1.82, 2.24) is 10.0 Å². The van der Waals surface area contributed by atoms with Gasteiger partial charge in [0.2, 0.25) is 15.9 Å². The molecule has 0 unspecified atom stereocenters. The molecule has 1 aromatic rings. The molecule has 1 rings (SSSR count). The summed E-state index contributed by atoms with van der Waals surface area (Å²) in [6.07, 6.45) is 0.816. The Kier molecular flexibility index (Phi) is 6.52. The number of aryl methyl sites for hydroxylation is 1. The summed E-state index contributed by atoms with van der Waals surface area (Å²) in [4.78, 5) is 11.6. The van der Waals surface area contributed by atoms with Gasteiger partial charge in [-0.15, -0.1) is 0 Å². The smallest absolute Gasteiger partial charge is 0.241 e. The minimum Gasteiger partial charge on any atom is -0.395 e. The highest BCUT2D eigenvalue weighted by atomic mass is 32.2. The van der Waals surface area contributed by atoms with Crippen molar-refractivity contribution < 1.29 is 18.3 Å². The van der Waals surface area contributed by atoms with Gasteiger partial charge in [-0.1, -0.05) is 12.1 Å². The Bertz CT molecular complexity index is 589. The van der Waals surface area contributed by atoms with E-state index in [1.807, 2.05) is 0 Å². The third-order valence-corrected chi connectivity index (χ3v) is 4.52. The molecule has 0 aliphatic carbocycles. The van der Waals surface area contributed by atoms with Crippen molar-refractivity contribution in [3.8, 4) is 0 Å². The van der Waals surface area contributed by atoms with E-state index < -0.39 is 15.6 Å². The van der Waals surface area contributed by atoms with E-state index in [-0.39, 0.29) is 24.0 Å². The first-order valence-corrected chi connectivity index (χ1v) is 8.63. The van der Waals surface area contributed by atoms with Crippen LogP contribution in [0, 0.1) is 0 Å². The summed E-state index contributed by atoms with van der Waals surface area (Å²) >= 11 is 0. The molecule has 22 heavy (non-hydrogen) atoms. The molecule has 3 N–H and O–H groups in total. The number of aliphatic hydroxyl groups excluding tert-OH is 1. The van der Waals surface area contributed by atoms with Crippen LogP contribution in [-0.2, 0) is 21.2 Å². The fourth-order valence-electron chi connectivity index (χ4n) is 1.84. The largest absolute Gasteiger partial charge is 0.395 e. The highest BCUT2D eigenvalue weighted by Gasteiger charge is 2.21. The zero-order chi connectivity index (χ0) is 16.8. The summed E-state index contributed by atoms with van der Waals surface area (Å²) in [5.74, 6) is -0.139. The molecule has 0 saturated carbocycles. The Labute approximate surface area is 132 Å². The summed E-state index contributed by atoms with van der Waals surface area (Å²) in [6, 6.07) is 6.48. The van der Waals surface area contributed by atoms with Gasteiger partial charge in [-0.25, -0.2) is 13.1 Å². The fourth-order valence-corrected chi connectivity index (χ4v) is 3.26. The van der Waals surface area contributed by atoms with Crippen LogP contribution in [0.3, 0.4) is 0 Å². The normalized spacial score (nSPS) is 12.2. The van der Waals surface area contributed by atoms with E-state index in [9.17, 15) is 13.2 Å². The van der Waals surface area contributed by atoms with Gasteiger partial charge >= 0.3 is 0 Å². The van der Waals surface area contributed by atoms with Crippen LogP contribution in [0.1, 0.15) is 32.8 Å². The lowest BCUT2D eigenvalue weighted by Crippen LogP contribution is -2.40. The van der Waals surface area contributed by atoms with Gasteiger partial charge in [-0.3, -0.25) is 4.79 Å². The Morgan fingerprint density at radius 3 is 2.27 bits per heavy atom. The van der Waals surface area contributed by atoms with E-state index >= 15 is 0 Å². The molecule has 0 atom stereocenters. The molecule has 0 heterocycles. The van der Waals surface area contributed by atoms with Gasteiger partial charge in [0.25, 0.3) is 0 Å². The SMILES string of the molecule is CC(C)(C)NS(=O)(=O)c1ccc(CCC(=O)NCCO)cc1. The summed E-state index contributed by atoms with van der Waals surface area (Å²) in [5, 5.41) is 11.2. The molecular formula is C15H24N2O4S. The topological polar surface area (TPSA) is 95.5 Å². The third kappa shape index (κ3) is 6.55. The predicted molar refractivity (Wildman–Crippen MR) is 84.9 cm³/mol. The Hall–Kier alpha value is -1.44. The number of sulfonamides is 1.